The first-order valence-corrected chi connectivity index (χ1v) is 12.1. The molecule has 0 radical (unpaired) electrons. The number of hydrogen-bond acceptors (Lipinski definition) is 6. The maximum atomic E-state index is 12.5. The summed E-state index contributed by atoms with van der Waals surface area (Å²) >= 11 is 1.35. The zero-order chi connectivity index (χ0) is 24.8. The Labute approximate surface area is 208 Å². The highest BCUT2D eigenvalue weighted by Crippen LogP contribution is 2.24. The Morgan fingerprint density at radius 3 is 2.43 bits per heavy atom. The Hall–Kier alpha value is -4.11. The molecule has 0 spiro atoms. The second kappa shape index (κ2) is 10.9. The zero-order valence-electron chi connectivity index (χ0n) is 19.9. The molecule has 0 unspecified atom stereocenters. The number of thioether (sulfide) groups is 1. The summed E-state index contributed by atoms with van der Waals surface area (Å²) in [5.41, 5.74) is 5.34. The fourth-order valence-electron chi connectivity index (χ4n) is 3.29. The highest BCUT2D eigenvalue weighted by atomic mass is 32.2. The number of aliphatic imine (C=N–C) groups is 1. The van der Waals surface area contributed by atoms with Crippen molar-refractivity contribution in [1.29, 1.82) is 0 Å². The molecule has 8 nitrogen and oxygen atoms in total. The lowest BCUT2D eigenvalue weighted by Gasteiger charge is -2.10. The lowest BCUT2D eigenvalue weighted by atomic mass is 10.2. The van der Waals surface area contributed by atoms with Gasteiger partial charge in [-0.05, 0) is 80.3 Å². The van der Waals surface area contributed by atoms with Crippen molar-refractivity contribution in [2.75, 3.05) is 18.7 Å². The quantitative estimate of drug-likeness (QED) is 0.277. The number of benzene rings is 3. The second-order valence-corrected chi connectivity index (χ2v) is 8.57. The molecular formula is C26H26N6O2S. The predicted molar refractivity (Wildman–Crippen MR) is 142 cm³/mol. The molecule has 0 aliphatic carbocycles. The number of urea groups is 1. The van der Waals surface area contributed by atoms with Gasteiger partial charge < -0.3 is 10.1 Å². The number of ether oxygens (including phenoxy) is 1. The van der Waals surface area contributed by atoms with Gasteiger partial charge in [0.15, 0.2) is 11.0 Å². The van der Waals surface area contributed by atoms with E-state index in [2.05, 4.69) is 25.7 Å². The molecule has 2 N–H and O–H groups in total. The Morgan fingerprint density at radius 2 is 1.77 bits per heavy atom. The Bertz CT molecular complexity index is 1350. The molecule has 2 amide bonds. The summed E-state index contributed by atoms with van der Waals surface area (Å²) < 4.78 is 6.97. The molecule has 0 fully saturated rings. The van der Waals surface area contributed by atoms with Gasteiger partial charge >= 0.3 is 6.03 Å². The first kappa shape index (κ1) is 24.0. The standard InChI is InChI=1S/C26H26N6O2S/c1-17-5-11-21(12-6-17)32-16-27-24(31-32)19-7-9-20(10-8-19)28-25(33)30-26(35-4)29-23-14-13-22(34-3)15-18(23)2/h5-16H,1-4H3,(H2,28,29,30,33). The molecule has 0 atom stereocenters. The summed E-state index contributed by atoms with van der Waals surface area (Å²) in [6, 6.07) is 20.7. The molecule has 35 heavy (non-hydrogen) atoms. The van der Waals surface area contributed by atoms with Crippen LogP contribution in [0.5, 0.6) is 5.75 Å². The number of rotatable bonds is 5. The van der Waals surface area contributed by atoms with Crippen molar-refractivity contribution in [2.45, 2.75) is 13.8 Å². The Balaban J connectivity index is 1.40. The Morgan fingerprint density at radius 1 is 1.03 bits per heavy atom. The third-order valence-corrected chi connectivity index (χ3v) is 5.81. The van der Waals surface area contributed by atoms with Gasteiger partial charge in [-0.1, -0.05) is 29.5 Å². The molecule has 0 aliphatic heterocycles. The summed E-state index contributed by atoms with van der Waals surface area (Å²) in [6.45, 7) is 3.99. The summed E-state index contributed by atoms with van der Waals surface area (Å²) in [7, 11) is 1.62. The fourth-order valence-corrected chi connectivity index (χ4v) is 3.68. The minimum Gasteiger partial charge on any atom is -0.497 e. The zero-order valence-corrected chi connectivity index (χ0v) is 20.8. The highest BCUT2D eigenvalue weighted by Gasteiger charge is 2.09. The monoisotopic (exact) mass is 486 g/mol. The molecule has 3 aromatic carbocycles. The molecule has 0 saturated heterocycles. The van der Waals surface area contributed by atoms with Crippen LogP contribution in [0.1, 0.15) is 11.1 Å². The number of amidine groups is 1. The van der Waals surface area contributed by atoms with E-state index in [0.717, 1.165) is 28.3 Å². The van der Waals surface area contributed by atoms with Crippen LogP contribution >= 0.6 is 11.8 Å². The van der Waals surface area contributed by atoms with Gasteiger partial charge in [0.1, 0.15) is 12.1 Å². The van der Waals surface area contributed by atoms with E-state index < -0.39 is 0 Å². The van der Waals surface area contributed by atoms with E-state index in [4.69, 9.17) is 4.74 Å². The van der Waals surface area contributed by atoms with Gasteiger partial charge in [0, 0.05) is 11.3 Å². The van der Waals surface area contributed by atoms with Gasteiger partial charge in [-0.3, -0.25) is 5.32 Å². The first-order valence-electron chi connectivity index (χ1n) is 10.9. The van der Waals surface area contributed by atoms with Crippen molar-refractivity contribution >= 4 is 34.3 Å². The van der Waals surface area contributed by atoms with Crippen molar-refractivity contribution < 1.29 is 9.53 Å². The third-order valence-electron chi connectivity index (χ3n) is 5.23. The summed E-state index contributed by atoms with van der Waals surface area (Å²) in [6.07, 6.45) is 3.54. The topological polar surface area (TPSA) is 93.4 Å². The van der Waals surface area contributed by atoms with Gasteiger partial charge in [0.25, 0.3) is 0 Å². The van der Waals surface area contributed by atoms with E-state index >= 15 is 0 Å². The van der Waals surface area contributed by atoms with Gasteiger partial charge in [-0.15, -0.1) is 5.10 Å². The molecule has 1 aromatic heterocycles. The summed E-state index contributed by atoms with van der Waals surface area (Å²) in [5.74, 6) is 1.37. The molecule has 9 heteroatoms. The van der Waals surface area contributed by atoms with E-state index in [-0.39, 0.29) is 6.03 Å². The predicted octanol–water partition coefficient (Wildman–Crippen LogP) is 5.73. The molecule has 4 aromatic rings. The van der Waals surface area contributed by atoms with Crippen LogP contribution in [0.3, 0.4) is 0 Å². The van der Waals surface area contributed by atoms with Crippen LogP contribution < -0.4 is 15.4 Å². The minimum absolute atomic E-state index is 0.376. The number of amides is 2. The van der Waals surface area contributed by atoms with Crippen LogP contribution in [-0.4, -0.2) is 39.3 Å². The highest BCUT2D eigenvalue weighted by molar-refractivity contribution is 8.13. The van der Waals surface area contributed by atoms with Gasteiger partial charge in [0.2, 0.25) is 0 Å². The average Bonchev–Trinajstić information content (AvgIpc) is 3.36. The number of nitrogens with one attached hydrogen (secondary N) is 2. The van der Waals surface area contributed by atoms with Gasteiger partial charge in [-0.25, -0.2) is 19.5 Å². The molecule has 0 aliphatic rings. The van der Waals surface area contributed by atoms with Crippen molar-refractivity contribution in [3.63, 3.8) is 0 Å². The van der Waals surface area contributed by atoms with E-state index in [1.807, 2.05) is 86.8 Å². The SMILES string of the molecule is COc1ccc(N=C(NC(=O)Nc2ccc(-c3ncn(-c4ccc(C)cc4)n3)cc2)SC)c(C)c1. The lowest BCUT2D eigenvalue weighted by Crippen LogP contribution is -2.32. The number of aryl methyl sites for hydroxylation is 2. The summed E-state index contributed by atoms with van der Waals surface area (Å²) in [5, 5.41) is 10.7. The normalized spacial score (nSPS) is 11.3. The third kappa shape index (κ3) is 6.07. The van der Waals surface area contributed by atoms with E-state index in [9.17, 15) is 4.79 Å². The van der Waals surface area contributed by atoms with Crippen molar-refractivity contribution in [3.05, 3.63) is 84.2 Å². The van der Waals surface area contributed by atoms with Crippen LogP contribution in [0.25, 0.3) is 17.1 Å². The lowest BCUT2D eigenvalue weighted by molar-refractivity contribution is 0.256. The number of methoxy groups -OCH3 is 1. The van der Waals surface area contributed by atoms with E-state index in [1.54, 1.807) is 18.1 Å². The molecule has 178 valence electrons. The maximum absolute atomic E-state index is 12.5. The van der Waals surface area contributed by atoms with Crippen molar-refractivity contribution in [2.24, 2.45) is 4.99 Å². The molecule has 1 heterocycles. The van der Waals surface area contributed by atoms with Crippen LogP contribution in [0.4, 0.5) is 16.2 Å². The molecule has 0 bridgehead atoms. The van der Waals surface area contributed by atoms with Crippen LogP contribution in [0, 0.1) is 13.8 Å². The summed E-state index contributed by atoms with van der Waals surface area (Å²) in [4.78, 5) is 21.5. The number of hydrogen-bond donors (Lipinski definition) is 2. The van der Waals surface area contributed by atoms with Crippen LogP contribution in [-0.2, 0) is 0 Å². The fraction of sp³-hybridized carbons (Fsp3) is 0.154. The number of carbonyl (C=O) groups is 1. The van der Waals surface area contributed by atoms with Gasteiger partial charge in [-0.2, -0.15) is 0 Å². The first-order chi connectivity index (χ1) is 16.9. The van der Waals surface area contributed by atoms with Crippen molar-refractivity contribution in [1.82, 2.24) is 20.1 Å². The van der Waals surface area contributed by atoms with E-state index in [1.165, 1.54) is 17.3 Å². The molecule has 0 saturated carbocycles. The maximum Gasteiger partial charge on any atom is 0.325 e. The van der Waals surface area contributed by atoms with Crippen LogP contribution in [0.2, 0.25) is 0 Å². The van der Waals surface area contributed by atoms with E-state index in [0.29, 0.717) is 16.7 Å². The van der Waals surface area contributed by atoms with Gasteiger partial charge in [0.05, 0.1) is 18.5 Å². The molecular weight excluding hydrogens is 460 g/mol. The largest absolute Gasteiger partial charge is 0.497 e. The minimum atomic E-state index is -0.376. The second-order valence-electron chi connectivity index (χ2n) is 7.78. The molecule has 4 rings (SSSR count). The average molecular weight is 487 g/mol. The smallest absolute Gasteiger partial charge is 0.325 e. The number of aromatic nitrogens is 3. The van der Waals surface area contributed by atoms with Crippen LogP contribution in [0.15, 0.2) is 78.0 Å². The number of anilines is 1. The van der Waals surface area contributed by atoms with Crippen molar-refractivity contribution in [3.8, 4) is 22.8 Å². The Kier molecular flexibility index (Phi) is 7.47. The number of carbonyl (C=O) groups excluding carboxylic acids is 1. The number of nitrogens with zero attached hydrogens (tertiary/aromatic N) is 4.